The number of allylic oxidation sites excluding steroid dienone is 1. The lowest BCUT2D eigenvalue weighted by molar-refractivity contribution is -0.115. The molecule has 0 aromatic heterocycles. The number of nitrogens with two attached hydrogens (primary N) is 1. The van der Waals surface area contributed by atoms with Crippen LogP contribution in [-0.2, 0) is 4.74 Å². The maximum atomic E-state index is 12.8. The number of nitrogens with zero attached hydrogens (tertiary/aromatic N) is 1. The molecule has 35 heavy (non-hydrogen) atoms. The molecule has 2 aromatic rings. The summed E-state index contributed by atoms with van der Waals surface area (Å²) in [5.74, 6) is 0.943. The van der Waals surface area contributed by atoms with Crippen LogP contribution in [0, 0.1) is 0 Å². The molecule has 0 spiro atoms. The molecule has 0 bridgehead atoms. The van der Waals surface area contributed by atoms with Gasteiger partial charge >= 0.3 is 5.91 Å². The number of ketones is 1. The fourth-order valence-corrected chi connectivity index (χ4v) is 2.89. The van der Waals surface area contributed by atoms with Gasteiger partial charge in [0.1, 0.15) is 23.4 Å². The highest BCUT2D eigenvalue weighted by Gasteiger charge is 2.17. The van der Waals surface area contributed by atoms with Gasteiger partial charge in [0, 0.05) is 64.4 Å². The molecular weight excluding hydrogens is 448 g/mol. The van der Waals surface area contributed by atoms with Crippen molar-refractivity contribution in [1.29, 1.82) is 0 Å². The summed E-state index contributed by atoms with van der Waals surface area (Å²) < 4.78 is 17.0. The van der Waals surface area contributed by atoms with E-state index in [4.69, 9.17) is 19.6 Å². The minimum absolute atomic E-state index is 0.118. The van der Waals surface area contributed by atoms with E-state index in [1.54, 1.807) is 73.9 Å². The molecule has 0 fully saturated rings. The molecule has 4 N–H and O–H groups in total. The van der Waals surface area contributed by atoms with E-state index in [-0.39, 0.29) is 17.7 Å². The van der Waals surface area contributed by atoms with Gasteiger partial charge in [-0.25, -0.2) is 10.1 Å². The van der Waals surface area contributed by atoms with Crippen LogP contribution >= 0.6 is 0 Å². The van der Waals surface area contributed by atoms with Crippen LogP contribution in [0.15, 0.2) is 67.0 Å². The van der Waals surface area contributed by atoms with Crippen molar-refractivity contribution in [2.75, 3.05) is 34.9 Å². The molecule has 0 aliphatic heterocycles. The Bertz CT molecular complexity index is 1080. The first-order chi connectivity index (χ1) is 16.7. The molecule has 0 saturated heterocycles. The third-order valence-corrected chi connectivity index (χ3v) is 4.47. The first-order valence-corrected chi connectivity index (χ1v) is 11.0. The van der Waals surface area contributed by atoms with E-state index in [0.717, 1.165) is 0 Å². The summed E-state index contributed by atoms with van der Waals surface area (Å²) in [5, 5.41) is 11.3. The molecule has 2 aromatic carbocycles. The second kappa shape index (κ2) is 13.6. The van der Waals surface area contributed by atoms with E-state index in [2.05, 4.69) is 10.6 Å². The minimum Gasteiger partial charge on any atom is -0.488 e. The molecular formula is C26H33N4O5+. The summed E-state index contributed by atoms with van der Waals surface area (Å²) in [6.45, 7) is 2.23. The number of ether oxygens (including phenoxy) is 3. The van der Waals surface area contributed by atoms with E-state index in [1.807, 2.05) is 21.0 Å². The molecule has 1 amide bonds. The second-order valence-corrected chi connectivity index (χ2v) is 7.88. The number of hydrogen-bond acceptors (Lipinski definition) is 7. The van der Waals surface area contributed by atoms with Gasteiger partial charge < -0.3 is 24.4 Å². The van der Waals surface area contributed by atoms with E-state index in [1.165, 1.54) is 12.2 Å². The van der Waals surface area contributed by atoms with E-state index >= 15 is 0 Å². The van der Waals surface area contributed by atoms with Crippen molar-refractivity contribution in [2.24, 2.45) is 0 Å². The molecule has 0 aliphatic rings. The van der Waals surface area contributed by atoms with Gasteiger partial charge in [-0.05, 0) is 43.3 Å². The molecule has 9 heteroatoms. The maximum Gasteiger partial charge on any atom is 0.339 e. The second-order valence-electron chi connectivity index (χ2n) is 7.88. The number of rotatable bonds is 12. The minimum atomic E-state index is -0.424. The Morgan fingerprint density at radius 3 is 2.34 bits per heavy atom. The van der Waals surface area contributed by atoms with Crippen molar-refractivity contribution in [3.05, 3.63) is 78.1 Å². The van der Waals surface area contributed by atoms with Crippen molar-refractivity contribution in [1.82, 2.24) is 15.5 Å². The van der Waals surface area contributed by atoms with Crippen LogP contribution in [0.3, 0.4) is 0 Å². The van der Waals surface area contributed by atoms with Gasteiger partial charge in [-0.15, -0.1) is 0 Å². The lowest BCUT2D eigenvalue weighted by Gasteiger charge is -2.16. The zero-order chi connectivity index (χ0) is 25.8. The molecule has 0 heterocycles. The highest BCUT2D eigenvalue weighted by Crippen LogP contribution is 2.28. The van der Waals surface area contributed by atoms with Gasteiger partial charge in [0.2, 0.25) is 0 Å². The largest absolute Gasteiger partial charge is 0.488 e. The van der Waals surface area contributed by atoms with E-state index in [9.17, 15) is 9.59 Å². The Hall–Kier alpha value is -4.11. The topological polar surface area (TPSA) is 115 Å². The Labute approximate surface area is 205 Å². The third kappa shape index (κ3) is 9.34. The molecule has 0 unspecified atom stereocenters. The molecule has 0 aliphatic carbocycles. The Morgan fingerprint density at radius 2 is 1.71 bits per heavy atom. The van der Waals surface area contributed by atoms with Crippen LogP contribution in [0.2, 0.25) is 0 Å². The smallest absolute Gasteiger partial charge is 0.339 e. The van der Waals surface area contributed by atoms with Gasteiger partial charge in [-0.2, -0.15) is 0 Å². The molecule has 0 saturated carbocycles. The van der Waals surface area contributed by atoms with E-state index < -0.39 is 5.91 Å². The van der Waals surface area contributed by atoms with Crippen molar-refractivity contribution < 1.29 is 29.2 Å². The summed E-state index contributed by atoms with van der Waals surface area (Å²) in [7, 11) is 6.99. The summed E-state index contributed by atoms with van der Waals surface area (Å²) in [6, 6.07) is 11.6. The predicted molar refractivity (Wildman–Crippen MR) is 135 cm³/mol. The van der Waals surface area contributed by atoms with Crippen LogP contribution in [0.25, 0.3) is 0 Å². The Morgan fingerprint density at radius 1 is 1.03 bits per heavy atom. The summed E-state index contributed by atoms with van der Waals surface area (Å²) in [6.07, 6.45) is 6.07. The normalized spacial score (nSPS) is 11.8. The van der Waals surface area contributed by atoms with Crippen LogP contribution in [0.4, 0.5) is 0 Å². The van der Waals surface area contributed by atoms with Crippen molar-refractivity contribution in [3.63, 3.8) is 0 Å². The Balaban J connectivity index is 2.26. The maximum absolute atomic E-state index is 12.8. The van der Waals surface area contributed by atoms with Crippen LogP contribution in [-0.4, -0.2) is 63.4 Å². The lowest BCUT2D eigenvalue weighted by Crippen LogP contribution is -2.49. The Kier molecular flexibility index (Phi) is 10.5. The summed E-state index contributed by atoms with van der Waals surface area (Å²) in [4.78, 5) is 26.8. The molecule has 1 atom stereocenters. The fraction of sp³-hybridized carbons (Fsp3) is 0.269. The average molecular weight is 482 g/mol. The monoisotopic (exact) mass is 481 g/mol. The number of amides is 1. The van der Waals surface area contributed by atoms with Crippen molar-refractivity contribution in [3.8, 4) is 17.2 Å². The average Bonchev–Trinajstić information content (AvgIpc) is 2.81. The van der Waals surface area contributed by atoms with Gasteiger partial charge in [0.15, 0.2) is 5.78 Å². The third-order valence-electron chi connectivity index (χ3n) is 4.47. The van der Waals surface area contributed by atoms with Crippen LogP contribution < -0.4 is 25.5 Å². The van der Waals surface area contributed by atoms with Crippen LogP contribution in [0.5, 0.6) is 17.2 Å². The number of carbonyl (C=O) groups excluding carboxylic acids is 2. The number of carbonyl (C=O) groups is 2. The fourth-order valence-electron chi connectivity index (χ4n) is 2.89. The molecule has 186 valence electrons. The van der Waals surface area contributed by atoms with Crippen LogP contribution in [0.1, 0.15) is 27.6 Å². The SMILES string of the molecule is CN/C=C\C(=[NH2+])NC(=O)c1cc(Oc2ccc(C(=O)/C=C/N(C)C)cc2)cc(O[C@@H](C)COC)c1. The number of benzene rings is 2. The number of hydrogen-bond donors (Lipinski definition) is 3. The molecule has 2 rings (SSSR count). The number of nitrogens with one attached hydrogen (secondary N) is 2. The lowest BCUT2D eigenvalue weighted by atomic mass is 10.1. The quantitative estimate of drug-likeness (QED) is 0.183. The summed E-state index contributed by atoms with van der Waals surface area (Å²) in [5.41, 5.74) is 0.824. The molecule has 0 radical (unpaired) electrons. The zero-order valence-electron chi connectivity index (χ0n) is 20.7. The number of amidine groups is 1. The van der Waals surface area contributed by atoms with Gasteiger partial charge in [0.05, 0.1) is 12.2 Å². The van der Waals surface area contributed by atoms with Gasteiger partial charge in [0.25, 0.3) is 5.84 Å². The van der Waals surface area contributed by atoms with E-state index in [0.29, 0.717) is 35.0 Å². The standard InChI is InChI=1S/C26H32N4O5/c1-18(17-33-5)34-22-14-20(26(32)29-25(27)10-12-28-2)15-23(16-22)35-21-8-6-19(7-9-21)24(31)11-13-30(3)4/h6-16,18,28H,17H2,1-5H3,(H2,27,29,32)/p+1/b12-10-,13-11+/t18-/m0/s1. The first kappa shape index (κ1) is 27.1. The highest BCUT2D eigenvalue weighted by atomic mass is 16.5. The predicted octanol–water partition coefficient (Wildman–Crippen LogP) is 1.77. The first-order valence-electron chi connectivity index (χ1n) is 11.0. The summed E-state index contributed by atoms with van der Waals surface area (Å²) >= 11 is 0. The van der Waals surface area contributed by atoms with Gasteiger partial charge in [-0.1, -0.05) is 0 Å². The van der Waals surface area contributed by atoms with Gasteiger partial charge in [-0.3, -0.25) is 10.2 Å². The highest BCUT2D eigenvalue weighted by molar-refractivity contribution is 6.08. The van der Waals surface area contributed by atoms with Crippen molar-refractivity contribution in [2.45, 2.75) is 13.0 Å². The zero-order valence-corrected chi connectivity index (χ0v) is 20.7. The van der Waals surface area contributed by atoms with Crippen molar-refractivity contribution >= 4 is 17.5 Å². The number of methoxy groups -OCH3 is 1. The molecule has 9 nitrogen and oxygen atoms in total.